The average Bonchev–Trinajstić information content (AvgIpc) is 2.57. The van der Waals surface area contributed by atoms with Crippen molar-refractivity contribution < 1.29 is 9.59 Å². The van der Waals surface area contributed by atoms with Gasteiger partial charge in [-0.3, -0.25) is 14.5 Å². The van der Waals surface area contributed by atoms with Gasteiger partial charge in [-0.1, -0.05) is 19.1 Å². The molecule has 7 heteroatoms. The first-order valence-corrected chi connectivity index (χ1v) is 9.42. The molecule has 0 radical (unpaired) electrons. The molecular formula is C17H26N4O2S. The Morgan fingerprint density at radius 1 is 1.08 bits per heavy atom. The predicted octanol–water partition coefficient (Wildman–Crippen LogP) is 0.981. The van der Waals surface area contributed by atoms with Crippen molar-refractivity contribution in [2.45, 2.75) is 13.5 Å². The van der Waals surface area contributed by atoms with Crippen molar-refractivity contribution in [3.05, 3.63) is 29.8 Å². The van der Waals surface area contributed by atoms with Gasteiger partial charge in [0, 0.05) is 38.4 Å². The minimum absolute atomic E-state index is 0.121. The number of carbonyl (C=O) groups excluding carboxylic acids is 2. The maximum atomic E-state index is 11.8. The van der Waals surface area contributed by atoms with Crippen molar-refractivity contribution in [3.63, 3.8) is 0 Å². The quantitative estimate of drug-likeness (QED) is 0.731. The number of benzene rings is 1. The van der Waals surface area contributed by atoms with Crippen LogP contribution in [0.15, 0.2) is 24.3 Å². The highest BCUT2D eigenvalue weighted by molar-refractivity contribution is 8.00. The number of carbonyl (C=O) groups is 2. The number of rotatable bonds is 8. The molecule has 1 heterocycles. The van der Waals surface area contributed by atoms with Crippen LogP contribution in [0.5, 0.6) is 0 Å². The number of amides is 2. The number of nitrogens with two attached hydrogens (primary N) is 1. The number of anilines is 1. The Balaban J connectivity index is 1.74. The number of hydrogen-bond acceptors (Lipinski definition) is 5. The van der Waals surface area contributed by atoms with Crippen molar-refractivity contribution in [2.75, 3.05) is 49.5 Å². The molecule has 132 valence electrons. The first-order valence-electron chi connectivity index (χ1n) is 8.26. The van der Waals surface area contributed by atoms with E-state index in [0.29, 0.717) is 0 Å². The lowest BCUT2D eigenvalue weighted by molar-refractivity contribution is -0.115. The molecule has 3 N–H and O–H groups in total. The molecule has 0 unspecified atom stereocenters. The Bertz CT molecular complexity index is 542. The number of likely N-dealkylation sites (N-methyl/N-ethyl adjacent to an activating group) is 1. The molecule has 1 aliphatic heterocycles. The van der Waals surface area contributed by atoms with Crippen LogP contribution in [0.2, 0.25) is 0 Å². The Hall–Kier alpha value is -1.57. The third kappa shape index (κ3) is 6.51. The van der Waals surface area contributed by atoms with E-state index in [1.165, 1.54) is 17.3 Å². The van der Waals surface area contributed by atoms with Gasteiger partial charge < -0.3 is 16.0 Å². The van der Waals surface area contributed by atoms with E-state index >= 15 is 0 Å². The second kappa shape index (κ2) is 9.66. The smallest absolute Gasteiger partial charge is 0.234 e. The summed E-state index contributed by atoms with van der Waals surface area (Å²) in [7, 11) is 0. The molecule has 0 aliphatic carbocycles. The molecule has 1 fully saturated rings. The average molecular weight is 350 g/mol. The Kier molecular flexibility index (Phi) is 7.55. The normalized spacial score (nSPS) is 16.0. The van der Waals surface area contributed by atoms with Gasteiger partial charge >= 0.3 is 0 Å². The number of nitrogens with zero attached hydrogens (tertiary/aromatic N) is 2. The topological polar surface area (TPSA) is 78.7 Å². The van der Waals surface area contributed by atoms with Crippen LogP contribution in [0.3, 0.4) is 0 Å². The van der Waals surface area contributed by atoms with Gasteiger partial charge in [-0.15, -0.1) is 11.8 Å². The Morgan fingerprint density at radius 3 is 2.29 bits per heavy atom. The third-order valence-electron chi connectivity index (χ3n) is 4.03. The highest BCUT2D eigenvalue weighted by Crippen LogP contribution is 2.13. The fourth-order valence-electron chi connectivity index (χ4n) is 2.66. The van der Waals surface area contributed by atoms with E-state index in [0.717, 1.165) is 45.0 Å². The molecule has 0 bridgehead atoms. The number of piperazine rings is 1. The highest BCUT2D eigenvalue weighted by atomic mass is 32.2. The molecule has 1 aromatic rings. The first-order chi connectivity index (χ1) is 11.6. The number of nitrogens with one attached hydrogen (secondary N) is 1. The van der Waals surface area contributed by atoms with Gasteiger partial charge in [0.2, 0.25) is 11.8 Å². The molecule has 2 amide bonds. The van der Waals surface area contributed by atoms with Crippen molar-refractivity contribution >= 4 is 29.3 Å². The summed E-state index contributed by atoms with van der Waals surface area (Å²) in [6.45, 7) is 8.74. The SMILES string of the molecule is CCN1CCN(Cc2ccc(NC(=O)CSCC(N)=O)cc2)CC1. The minimum Gasteiger partial charge on any atom is -0.369 e. The monoisotopic (exact) mass is 350 g/mol. The molecule has 0 atom stereocenters. The van der Waals surface area contributed by atoms with E-state index in [2.05, 4.69) is 34.2 Å². The highest BCUT2D eigenvalue weighted by Gasteiger charge is 2.15. The second-order valence-corrected chi connectivity index (χ2v) is 6.90. The zero-order valence-corrected chi connectivity index (χ0v) is 15.0. The van der Waals surface area contributed by atoms with Gasteiger partial charge in [-0.25, -0.2) is 0 Å². The number of primary amides is 1. The summed E-state index contributed by atoms with van der Waals surface area (Å²) in [6, 6.07) is 7.96. The van der Waals surface area contributed by atoms with Crippen molar-refractivity contribution in [1.82, 2.24) is 9.80 Å². The molecule has 1 saturated heterocycles. The maximum absolute atomic E-state index is 11.8. The lowest BCUT2D eigenvalue weighted by Gasteiger charge is -2.34. The summed E-state index contributed by atoms with van der Waals surface area (Å²) in [5, 5.41) is 2.83. The lowest BCUT2D eigenvalue weighted by atomic mass is 10.1. The molecule has 24 heavy (non-hydrogen) atoms. The molecule has 6 nitrogen and oxygen atoms in total. The molecule has 0 aromatic heterocycles. The summed E-state index contributed by atoms with van der Waals surface area (Å²) in [5.41, 5.74) is 7.07. The van der Waals surface area contributed by atoms with Crippen molar-refractivity contribution in [3.8, 4) is 0 Å². The predicted molar refractivity (Wildman–Crippen MR) is 99.0 cm³/mol. The van der Waals surface area contributed by atoms with Gasteiger partial charge in [0.15, 0.2) is 0 Å². The molecule has 0 spiro atoms. The molecule has 2 rings (SSSR count). The lowest BCUT2D eigenvalue weighted by Crippen LogP contribution is -2.45. The third-order valence-corrected chi connectivity index (χ3v) is 4.99. The maximum Gasteiger partial charge on any atom is 0.234 e. The number of hydrogen-bond donors (Lipinski definition) is 2. The van der Waals surface area contributed by atoms with Crippen LogP contribution < -0.4 is 11.1 Å². The van der Waals surface area contributed by atoms with Gasteiger partial charge in [0.1, 0.15) is 0 Å². The van der Waals surface area contributed by atoms with Crippen LogP contribution in [0.25, 0.3) is 0 Å². The van der Waals surface area contributed by atoms with Crippen LogP contribution in [0.4, 0.5) is 5.69 Å². The minimum atomic E-state index is -0.406. The van der Waals surface area contributed by atoms with Gasteiger partial charge in [-0.05, 0) is 24.2 Å². The van der Waals surface area contributed by atoms with E-state index in [-0.39, 0.29) is 17.4 Å². The molecule has 1 aliphatic rings. The van der Waals surface area contributed by atoms with E-state index in [1.54, 1.807) is 0 Å². The summed E-state index contributed by atoms with van der Waals surface area (Å²) < 4.78 is 0. The summed E-state index contributed by atoms with van der Waals surface area (Å²) in [5.74, 6) is -0.133. The summed E-state index contributed by atoms with van der Waals surface area (Å²) >= 11 is 1.22. The zero-order valence-electron chi connectivity index (χ0n) is 14.2. The second-order valence-electron chi connectivity index (χ2n) is 5.91. The number of thioether (sulfide) groups is 1. The Labute approximate surface area is 147 Å². The summed E-state index contributed by atoms with van der Waals surface area (Å²) in [6.07, 6.45) is 0. The molecular weight excluding hydrogens is 324 g/mol. The molecule has 0 saturated carbocycles. The first kappa shape index (κ1) is 18.8. The van der Waals surface area contributed by atoms with Crippen molar-refractivity contribution in [1.29, 1.82) is 0 Å². The van der Waals surface area contributed by atoms with E-state index in [4.69, 9.17) is 5.73 Å². The zero-order chi connectivity index (χ0) is 17.4. The van der Waals surface area contributed by atoms with Gasteiger partial charge in [-0.2, -0.15) is 0 Å². The van der Waals surface area contributed by atoms with Crippen LogP contribution in [-0.2, 0) is 16.1 Å². The van der Waals surface area contributed by atoms with Crippen LogP contribution in [-0.4, -0.2) is 65.8 Å². The van der Waals surface area contributed by atoms with Gasteiger partial charge in [0.05, 0.1) is 11.5 Å². The van der Waals surface area contributed by atoms with Crippen LogP contribution >= 0.6 is 11.8 Å². The van der Waals surface area contributed by atoms with Crippen LogP contribution in [0, 0.1) is 0 Å². The van der Waals surface area contributed by atoms with Crippen LogP contribution in [0.1, 0.15) is 12.5 Å². The molecule has 1 aromatic carbocycles. The fraction of sp³-hybridized carbons (Fsp3) is 0.529. The van der Waals surface area contributed by atoms with E-state index < -0.39 is 5.91 Å². The summed E-state index contributed by atoms with van der Waals surface area (Å²) in [4.78, 5) is 27.3. The Morgan fingerprint density at radius 2 is 1.71 bits per heavy atom. The van der Waals surface area contributed by atoms with E-state index in [1.807, 2.05) is 12.1 Å². The van der Waals surface area contributed by atoms with Gasteiger partial charge in [0.25, 0.3) is 0 Å². The van der Waals surface area contributed by atoms with E-state index in [9.17, 15) is 9.59 Å². The largest absolute Gasteiger partial charge is 0.369 e. The fourth-order valence-corrected chi connectivity index (χ4v) is 3.22. The van der Waals surface area contributed by atoms with Crippen molar-refractivity contribution in [2.24, 2.45) is 5.73 Å². The standard InChI is InChI=1S/C17H26N4O2S/c1-2-20-7-9-21(10-8-20)11-14-3-5-15(6-4-14)19-17(23)13-24-12-16(18)22/h3-6H,2,7-13H2,1H3,(H2,18,22)(H,19,23).